The second-order valence-corrected chi connectivity index (χ2v) is 5.20. The zero-order valence-electron chi connectivity index (χ0n) is 11.2. The van der Waals surface area contributed by atoms with Crippen molar-refractivity contribution in [1.29, 1.82) is 0 Å². The summed E-state index contributed by atoms with van der Waals surface area (Å²) in [6, 6.07) is 5.01. The summed E-state index contributed by atoms with van der Waals surface area (Å²) in [5, 5.41) is 10.9. The number of nitro benzene ring substituents is 1. The van der Waals surface area contributed by atoms with E-state index in [4.69, 9.17) is 10.5 Å². The Bertz CT molecular complexity index is 462. The summed E-state index contributed by atoms with van der Waals surface area (Å²) in [6.07, 6.45) is 3.50. The van der Waals surface area contributed by atoms with Crippen LogP contribution in [0.25, 0.3) is 0 Å². The fraction of sp³-hybridized carbons (Fsp3) is 0.571. The maximum absolute atomic E-state index is 10.9. The van der Waals surface area contributed by atoms with Crippen molar-refractivity contribution >= 4 is 5.69 Å². The van der Waals surface area contributed by atoms with Crippen molar-refractivity contribution in [2.45, 2.75) is 26.2 Å². The Morgan fingerprint density at radius 3 is 2.84 bits per heavy atom. The Labute approximate surface area is 112 Å². The van der Waals surface area contributed by atoms with Crippen molar-refractivity contribution in [2.75, 3.05) is 13.2 Å². The predicted octanol–water partition coefficient (Wildman–Crippen LogP) is 2.66. The highest BCUT2D eigenvalue weighted by Crippen LogP contribution is 2.32. The minimum absolute atomic E-state index is 0.110. The lowest BCUT2D eigenvalue weighted by atomic mass is 9.97. The molecule has 2 unspecified atom stereocenters. The summed E-state index contributed by atoms with van der Waals surface area (Å²) in [5.74, 6) is 1.57. The molecule has 0 radical (unpaired) electrons. The smallest absolute Gasteiger partial charge is 0.275 e. The minimum Gasteiger partial charge on any atom is -0.493 e. The first-order chi connectivity index (χ1) is 9.11. The van der Waals surface area contributed by atoms with Gasteiger partial charge in [-0.25, -0.2) is 0 Å². The molecule has 2 N–H and O–H groups in total. The van der Waals surface area contributed by atoms with Gasteiger partial charge in [-0.05, 0) is 50.3 Å². The van der Waals surface area contributed by atoms with Crippen molar-refractivity contribution in [2.24, 2.45) is 17.6 Å². The van der Waals surface area contributed by atoms with Crippen LogP contribution >= 0.6 is 0 Å². The minimum atomic E-state index is -0.375. The van der Waals surface area contributed by atoms with E-state index in [0.29, 0.717) is 36.3 Å². The van der Waals surface area contributed by atoms with Crippen molar-refractivity contribution in [3.63, 3.8) is 0 Å². The fourth-order valence-corrected chi connectivity index (χ4v) is 2.72. The molecule has 0 aliphatic heterocycles. The number of hydrogen-bond acceptors (Lipinski definition) is 4. The van der Waals surface area contributed by atoms with Crippen molar-refractivity contribution < 1.29 is 9.66 Å². The van der Waals surface area contributed by atoms with E-state index in [-0.39, 0.29) is 10.6 Å². The van der Waals surface area contributed by atoms with E-state index in [0.717, 1.165) is 6.42 Å². The van der Waals surface area contributed by atoms with Crippen molar-refractivity contribution in [3.8, 4) is 5.75 Å². The number of hydrogen-bond donors (Lipinski definition) is 1. The highest BCUT2D eigenvalue weighted by Gasteiger charge is 2.26. The molecule has 1 saturated carbocycles. The number of aryl methyl sites for hydroxylation is 1. The van der Waals surface area contributed by atoms with Gasteiger partial charge in [-0.15, -0.1) is 0 Å². The molecule has 2 atom stereocenters. The third kappa shape index (κ3) is 3.23. The van der Waals surface area contributed by atoms with Gasteiger partial charge in [0.05, 0.1) is 17.6 Å². The normalized spacial score (nSPS) is 22.4. The Morgan fingerprint density at radius 1 is 1.42 bits per heavy atom. The van der Waals surface area contributed by atoms with E-state index in [1.54, 1.807) is 19.1 Å². The van der Waals surface area contributed by atoms with E-state index in [1.807, 2.05) is 0 Å². The molecule has 0 amide bonds. The molecule has 0 spiro atoms. The lowest BCUT2D eigenvalue weighted by Crippen LogP contribution is -2.23. The van der Waals surface area contributed by atoms with Crippen molar-refractivity contribution in [1.82, 2.24) is 0 Å². The van der Waals surface area contributed by atoms with Crippen LogP contribution in [0.2, 0.25) is 0 Å². The van der Waals surface area contributed by atoms with Crippen LogP contribution in [0.5, 0.6) is 5.75 Å². The highest BCUT2D eigenvalue weighted by atomic mass is 16.6. The molecule has 5 heteroatoms. The van der Waals surface area contributed by atoms with Crippen LogP contribution in [0.4, 0.5) is 5.69 Å². The van der Waals surface area contributed by atoms with E-state index >= 15 is 0 Å². The molecule has 0 aromatic heterocycles. The average Bonchev–Trinajstić information content (AvgIpc) is 2.84. The molecule has 0 heterocycles. The Hall–Kier alpha value is -1.62. The second kappa shape index (κ2) is 6.02. The van der Waals surface area contributed by atoms with Crippen LogP contribution in [0, 0.1) is 28.9 Å². The quantitative estimate of drug-likeness (QED) is 0.655. The van der Waals surface area contributed by atoms with Crippen LogP contribution < -0.4 is 10.5 Å². The summed E-state index contributed by atoms with van der Waals surface area (Å²) in [7, 11) is 0. The first-order valence-electron chi connectivity index (χ1n) is 6.69. The zero-order chi connectivity index (χ0) is 13.8. The topological polar surface area (TPSA) is 78.4 Å². The van der Waals surface area contributed by atoms with E-state index in [9.17, 15) is 10.1 Å². The van der Waals surface area contributed by atoms with Crippen LogP contribution in [-0.2, 0) is 0 Å². The van der Waals surface area contributed by atoms with Gasteiger partial charge in [-0.1, -0.05) is 6.42 Å². The number of nitro groups is 1. The first-order valence-corrected chi connectivity index (χ1v) is 6.69. The highest BCUT2D eigenvalue weighted by molar-refractivity contribution is 5.45. The summed E-state index contributed by atoms with van der Waals surface area (Å²) >= 11 is 0. The van der Waals surface area contributed by atoms with Gasteiger partial charge in [0.2, 0.25) is 0 Å². The number of nitrogens with two attached hydrogens (primary N) is 1. The number of ether oxygens (including phenoxy) is 1. The molecule has 1 aromatic rings. The van der Waals surface area contributed by atoms with Gasteiger partial charge in [-0.3, -0.25) is 10.1 Å². The van der Waals surface area contributed by atoms with Gasteiger partial charge < -0.3 is 10.5 Å². The number of benzene rings is 1. The maximum atomic E-state index is 10.9. The lowest BCUT2D eigenvalue weighted by Gasteiger charge is -2.18. The summed E-state index contributed by atoms with van der Waals surface area (Å²) in [5.41, 5.74) is 6.49. The fourth-order valence-electron chi connectivity index (χ4n) is 2.72. The Morgan fingerprint density at radius 2 is 2.16 bits per heavy atom. The van der Waals surface area contributed by atoms with Crippen LogP contribution in [0.3, 0.4) is 0 Å². The first kappa shape index (κ1) is 13.8. The summed E-state index contributed by atoms with van der Waals surface area (Å²) < 4.78 is 5.71. The molecule has 1 aromatic carbocycles. The molecular weight excluding hydrogens is 244 g/mol. The number of nitrogens with zero attached hydrogens (tertiary/aromatic N) is 1. The standard InChI is InChI=1S/C14H20N2O3/c1-10-5-6-13(7-14(10)16(17)18)19-9-12-4-2-3-11(12)8-15/h5-7,11-12H,2-4,8-9,15H2,1H3. The molecule has 1 aliphatic rings. The molecule has 0 bridgehead atoms. The van der Waals surface area contributed by atoms with Gasteiger partial charge in [0.25, 0.3) is 5.69 Å². The molecule has 1 fully saturated rings. The maximum Gasteiger partial charge on any atom is 0.275 e. The Kier molecular flexibility index (Phi) is 4.37. The predicted molar refractivity (Wildman–Crippen MR) is 73.2 cm³/mol. The molecular formula is C14H20N2O3. The number of rotatable bonds is 5. The lowest BCUT2D eigenvalue weighted by molar-refractivity contribution is -0.385. The molecule has 1 aliphatic carbocycles. The van der Waals surface area contributed by atoms with Crippen molar-refractivity contribution in [3.05, 3.63) is 33.9 Å². The molecule has 0 saturated heterocycles. The molecule has 19 heavy (non-hydrogen) atoms. The molecule has 104 valence electrons. The average molecular weight is 264 g/mol. The summed E-state index contributed by atoms with van der Waals surface area (Å²) in [6.45, 7) is 3.02. The van der Waals surface area contributed by atoms with Gasteiger partial charge in [-0.2, -0.15) is 0 Å². The Balaban J connectivity index is 2.00. The zero-order valence-corrected chi connectivity index (χ0v) is 11.2. The van der Waals surface area contributed by atoms with E-state index in [2.05, 4.69) is 0 Å². The largest absolute Gasteiger partial charge is 0.493 e. The third-order valence-corrected chi connectivity index (χ3v) is 3.96. The van der Waals surface area contributed by atoms with Gasteiger partial charge in [0.1, 0.15) is 5.75 Å². The van der Waals surface area contributed by atoms with Crippen LogP contribution in [0.15, 0.2) is 18.2 Å². The van der Waals surface area contributed by atoms with Gasteiger partial charge >= 0.3 is 0 Å². The molecule has 5 nitrogen and oxygen atoms in total. The van der Waals surface area contributed by atoms with E-state index < -0.39 is 0 Å². The van der Waals surface area contributed by atoms with Gasteiger partial charge in [0.15, 0.2) is 0 Å². The third-order valence-electron chi connectivity index (χ3n) is 3.96. The van der Waals surface area contributed by atoms with Crippen LogP contribution in [0.1, 0.15) is 24.8 Å². The molecule has 2 rings (SSSR count). The SMILES string of the molecule is Cc1ccc(OCC2CCCC2CN)cc1[N+](=O)[O-]. The van der Waals surface area contributed by atoms with E-state index in [1.165, 1.54) is 18.9 Å². The monoisotopic (exact) mass is 264 g/mol. The summed E-state index contributed by atoms with van der Waals surface area (Å²) in [4.78, 5) is 10.5. The second-order valence-electron chi connectivity index (χ2n) is 5.20. The van der Waals surface area contributed by atoms with Gasteiger partial charge in [0, 0.05) is 5.56 Å². The van der Waals surface area contributed by atoms with Crippen LogP contribution in [-0.4, -0.2) is 18.1 Å².